The Labute approximate surface area is 204 Å². The lowest BCUT2D eigenvalue weighted by Crippen LogP contribution is -2.50. The van der Waals surface area contributed by atoms with Gasteiger partial charge < -0.3 is 19.6 Å². The molecule has 1 aliphatic heterocycles. The normalized spacial score (nSPS) is 23.8. The van der Waals surface area contributed by atoms with Crippen LogP contribution in [0.4, 0.5) is 0 Å². The van der Waals surface area contributed by atoms with Gasteiger partial charge in [-0.3, -0.25) is 4.79 Å². The number of ether oxygens (including phenoxy) is 1. The van der Waals surface area contributed by atoms with Gasteiger partial charge in [-0.05, 0) is 70.0 Å². The molecule has 3 atom stereocenters. The number of nitrogens with zero attached hydrogens (tertiary/aromatic N) is 3. The van der Waals surface area contributed by atoms with Crippen LogP contribution in [0, 0.1) is 5.92 Å². The van der Waals surface area contributed by atoms with Crippen LogP contribution in [0.5, 0.6) is 5.75 Å². The molecule has 0 unspecified atom stereocenters. The number of aliphatic hydroxyl groups excluding tert-OH is 1. The Kier molecular flexibility index (Phi) is 8.78. The van der Waals surface area contributed by atoms with Crippen molar-refractivity contribution in [3.05, 3.63) is 29.8 Å². The van der Waals surface area contributed by atoms with Gasteiger partial charge in [-0.15, -0.1) is 0 Å². The predicted octanol–water partition coefficient (Wildman–Crippen LogP) is 2.43. The van der Waals surface area contributed by atoms with Crippen molar-refractivity contribution >= 4 is 21.5 Å². The third-order valence-corrected chi connectivity index (χ3v) is 8.68. The maximum absolute atomic E-state index is 13.6. The second kappa shape index (κ2) is 11.2. The lowest BCUT2D eigenvalue weighted by atomic mass is 9.93. The van der Waals surface area contributed by atoms with E-state index in [1.165, 1.54) is 16.3 Å². The minimum atomic E-state index is -3.88. The van der Waals surface area contributed by atoms with Gasteiger partial charge in [0.05, 0.1) is 19.7 Å². The highest BCUT2D eigenvalue weighted by Crippen LogP contribution is 2.37. The molecule has 0 spiro atoms. The first-order chi connectivity index (χ1) is 16.0. The molecule has 0 radical (unpaired) electrons. The molecule has 0 aromatic heterocycles. The van der Waals surface area contributed by atoms with Gasteiger partial charge in [0.2, 0.25) is 15.9 Å². The van der Waals surface area contributed by atoms with Gasteiger partial charge in [0.25, 0.3) is 0 Å². The van der Waals surface area contributed by atoms with E-state index in [-0.39, 0.29) is 36.4 Å². The highest BCUT2D eigenvalue weighted by atomic mass is 32.2. The van der Waals surface area contributed by atoms with Crippen LogP contribution in [-0.2, 0) is 14.8 Å². The maximum atomic E-state index is 13.6. The minimum Gasteiger partial charge on any atom is -0.487 e. The zero-order valence-electron chi connectivity index (χ0n) is 21.0. The summed E-state index contributed by atoms with van der Waals surface area (Å²) in [6.45, 7) is 4.17. The average molecular weight is 494 g/mol. The number of amides is 1. The largest absolute Gasteiger partial charge is 0.487 e. The molecular weight excluding hydrogens is 454 g/mol. The number of allylic oxidation sites excluding steroid dienone is 2. The van der Waals surface area contributed by atoms with Gasteiger partial charge in [0, 0.05) is 25.6 Å². The van der Waals surface area contributed by atoms with Crippen molar-refractivity contribution in [2.45, 2.75) is 56.6 Å². The Morgan fingerprint density at radius 1 is 1.26 bits per heavy atom. The zero-order valence-corrected chi connectivity index (χ0v) is 21.8. The van der Waals surface area contributed by atoms with Crippen molar-refractivity contribution in [2.24, 2.45) is 5.92 Å². The van der Waals surface area contributed by atoms with E-state index in [9.17, 15) is 18.3 Å². The Morgan fingerprint density at radius 2 is 2.00 bits per heavy atom. The number of aliphatic hydroxyl groups is 1. The standard InChI is InChI=1S/C25H39N3O5S/c1-18-14-28(19(2)17-29)34(31,32)24-12-11-21(20-9-7-6-8-10-20)13-22(24)33-23(18)15-27(5)25(30)16-26(3)4/h9,11-13,18-19,23,29H,6-8,10,14-17H2,1-5H3/t18-,19+,23-/m1/s1. The van der Waals surface area contributed by atoms with Gasteiger partial charge in [-0.1, -0.05) is 19.1 Å². The molecule has 1 N–H and O–H groups in total. The van der Waals surface area contributed by atoms with E-state index in [4.69, 9.17) is 4.74 Å². The molecule has 1 aromatic rings. The number of hydrogen-bond acceptors (Lipinski definition) is 6. The van der Waals surface area contributed by atoms with Crippen molar-refractivity contribution in [3.8, 4) is 5.75 Å². The number of sulfonamides is 1. The highest BCUT2D eigenvalue weighted by molar-refractivity contribution is 7.89. The Hall–Kier alpha value is -1.94. The van der Waals surface area contributed by atoms with Crippen LogP contribution in [0.15, 0.2) is 29.2 Å². The SMILES string of the molecule is C[C@@H]1CN([C@@H](C)CO)S(=O)(=O)c2ccc(C3=CCCCC3)cc2O[C@@H]1CN(C)C(=O)CN(C)C. The Morgan fingerprint density at radius 3 is 2.62 bits per heavy atom. The molecule has 2 aliphatic rings. The van der Waals surface area contributed by atoms with Crippen LogP contribution in [0.2, 0.25) is 0 Å². The summed E-state index contributed by atoms with van der Waals surface area (Å²) < 4.78 is 35.0. The third kappa shape index (κ3) is 6.00. The molecule has 0 saturated heterocycles. The van der Waals surface area contributed by atoms with E-state index >= 15 is 0 Å². The number of carbonyl (C=O) groups is 1. The summed E-state index contributed by atoms with van der Waals surface area (Å²) in [4.78, 5) is 16.2. The third-order valence-electron chi connectivity index (χ3n) is 6.66. The first kappa shape index (κ1) is 26.7. The van der Waals surface area contributed by atoms with Gasteiger partial charge in [0.15, 0.2) is 0 Å². The number of fused-ring (bicyclic) bond motifs is 1. The summed E-state index contributed by atoms with van der Waals surface area (Å²) in [5.41, 5.74) is 2.18. The zero-order chi connectivity index (χ0) is 25.0. The molecule has 190 valence electrons. The number of benzene rings is 1. The second-order valence-electron chi connectivity index (χ2n) is 9.89. The van der Waals surface area contributed by atoms with E-state index in [1.807, 2.05) is 38.1 Å². The quantitative estimate of drug-likeness (QED) is 0.628. The molecule has 0 saturated carbocycles. The summed E-state index contributed by atoms with van der Waals surface area (Å²) in [6.07, 6.45) is 6.07. The van der Waals surface area contributed by atoms with E-state index in [1.54, 1.807) is 24.9 Å². The molecule has 3 rings (SSSR count). The molecule has 9 heteroatoms. The minimum absolute atomic E-state index is 0.0302. The first-order valence-electron chi connectivity index (χ1n) is 12.1. The van der Waals surface area contributed by atoms with Crippen LogP contribution < -0.4 is 4.74 Å². The molecule has 1 amide bonds. The van der Waals surface area contributed by atoms with E-state index in [0.29, 0.717) is 12.3 Å². The van der Waals surface area contributed by atoms with E-state index in [2.05, 4.69) is 6.08 Å². The average Bonchev–Trinajstić information content (AvgIpc) is 2.80. The van der Waals surface area contributed by atoms with Crippen molar-refractivity contribution in [3.63, 3.8) is 0 Å². The molecular formula is C25H39N3O5S. The fraction of sp³-hybridized carbons (Fsp3) is 0.640. The monoisotopic (exact) mass is 493 g/mol. The van der Waals surface area contributed by atoms with Gasteiger partial charge >= 0.3 is 0 Å². The number of hydrogen-bond donors (Lipinski definition) is 1. The second-order valence-corrected chi connectivity index (χ2v) is 11.7. The number of rotatable bonds is 7. The lowest BCUT2D eigenvalue weighted by Gasteiger charge is -2.37. The summed E-state index contributed by atoms with van der Waals surface area (Å²) >= 11 is 0. The van der Waals surface area contributed by atoms with Gasteiger partial charge in [-0.25, -0.2) is 8.42 Å². The van der Waals surface area contributed by atoms with Crippen LogP contribution in [-0.4, -0.2) is 93.1 Å². The predicted molar refractivity (Wildman–Crippen MR) is 133 cm³/mol. The summed E-state index contributed by atoms with van der Waals surface area (Å²) in [6, 6.07) is 4.73. The maximum Gasteiger partial charge on any atom is 0.247 e. The molecule has 1 aromatic carbocycles. The summed E-state index contributed by atoms with van der Waals surface area (Å²) in [7, 11) is 1.56. The van der Waals surface area contributed by atoms with Crippen LogP contribution in [0.25, 0.3) is 5.57 Å². The molecule has 1 heterocycles. The summed E-state index contributed by atoms with van der Waals surface area (Å²) in [5, 5.41) is 9.80. The highest BCUT2D eigenvalue weighted by Gasteiger charge is 2.38. The fourth-order valence-corrected chi connectivity index (χ4v) is 6.33. The van der Waals surface area contributed by atoms with Crippen molar-refractivity contribution in [1.82, 2.24) is 14.1 Å². The topological polar surface area (TPSA) is 90.4 Å². The molecule has 0 bridgehead atoms. The van der Waals surface area contributed by atoms with Crippen molar-refractivity contribution < 1.29 is 23.1 Å². The van der Waals surface area contributed by atoms with Crippen LogP contribution >= 0.6 is 0 Å². The van der Waals surface area contributed by atoms with Gasteiger partial charge in [-0.2, -0.15) is 4.31 Å². The van der Waals surface area contributed by atoms with E-state index in [0.717, 1.165) is 24.8 Å². The Balaban J connectivity index is 2.03. The lowest BCUT2D eigenvalue weighted by molar-refractivity contribution is -0.132. The van der Waals surface area contributed by atoms with E-state index < -0.39 is 22.2 Å². The van der Waals surface area contributed by atoms with Gasteiger partial charge in [0.1, 0.15) is 16.7 Å². The van der Waals surface area contributed by atoms with Crippen molar-refractivity contribution in [2.75, 3.05) is 47.4 Å². The van der Waals surface area contributed by atoms with Crippen LogP contribution in [0.1, 0.15) is 45.1 Å². The first-order valence-corrected chi connectivity index (χ1v) is 13.5. The number of carbonyl (C=O) groups excluding carboxylic acids is 1. The molecule has 0 fully saturated rings. The molecule has 1 aliphatic carbocycles. The number of likely N-dealkylation sites (N-methyl/N-ethyl adjacent to an activating group) is 2. The molecule has 8 nitrogen and oxygen atoms in total. The van der Waals surface area contributed by atoms with Crippen LogP contribution in [0.3, 0.4) is 0 Å². The summed E-state index contributed by atoms with van der Waals surface area (Å²) in [5.74, 6) is 0.0746. The fourth-order valence-electron chi connectivity index (χ4n) is 4.51. The smallest absolute Gasteiger partial charge is 0.247 e. The van der Waals surface area contributed by atoms with Crippen molar-refractivity contribution in [1.29, 1.82) is 0 Å². The Bertz CT molecular complexity index is 1010. The molecule has 34 heavy (non-hydrogen) atoms.